The van der Waals surface area contributed by atoms with Crippen LogP contribution in [0.1, 0.15) is 32.1 Å². The molecule has 1 aliphatic carbocycles. The summed E-state index contributed by atoms with van der Waals surface area (Å²) in [4.78, 5) is 23.3. The van der Waals surface area contributed by atoms with E-state index in [2.05, 4.69) is 47.6 Å². The highest BCUT2D eigenvalue weighted by Crippen LogP contribution is 2.31. The van der Waals surface area contributed by atoms with E-state index in [4.69, 9.17) is 0 Å². The number of nitrogens with one attached hydrogen (secondary N) is 2. The molecule has 2 aromatic rings. The monoisotopic (exact) mass is 418 g/mol. The Bertz CT molecular complexity index is 809. The van der Waals surface area contributed by atoms with Gasteiger partial charge in [-0.1, -0.05) is 11.6 Å². The highest BCUT2D eigenvalue weighted by molar-refractivity contribution is 9.10. The number of allylic oxidation sites excluding steroid dienone is 1. The van der Waals surface area contributed by atoms with Crippen LogP contribution in [0.4, 0.5) is 23.1 Å². The van der Waals surface area contributed by atoms with E-state index in [1.807, 2.05) is 0 Å². The largest absolute Gasteiger partial charge is 0.364 e. The van der Waals surface area contributed by atoms with Gasteiger partial charge in [-0.2, -0.15) is 0 Å². The van der Waals surface area contributed by atoms with E-state index in [1.165, 1.54) is 24.7 Å². The predicted molar refractivity (Wildman–Crippen MR) is 104 cm³/mol. The molecule has 0 saturated heterocycles. The van der Waals surface area contributed by atoms with Gasteiger partial charge in [0, 0.05) is 17.2 Å². The van der Waals surface area contributed by atoms with Crippen LogP contribution in [0.5, 0.6) is 0 Å². The highest BCUT2D eigenvalue weighted by atomic mass is 79.9. The number of hydrogen-bond acceptors (Lipinski definition) is 7. The van der Waals surface area contributed by atoms with Gasteiger partial charge in [0.1, 0.15) is 12.1 Å². The minimum atomic E-state index is -0.483. The Morgan fingerprint density at radius 3 is 2.73 bits per heavy atom. The van der Waals surface area contributed by atoms with E-state index < -0.39 is 4.92 Å². The van der Waals surface area contributed by atoms with Crippen molar-refractivity contribution in [2.24, 2.45) is 0 Å². The van der Waals surface area contributed by atoms with Crippen LogP contribution < -0.4 is 10.6 Å². The lowest BCUT2D eigenvalue weighted by atomic mass is 9.97. The molecule has 1 aliphatic rings. The SMILES string of the molecule is O=[N+]([O-])c1c(NCCC2=CCCCC2)ncnc1Nc1ccc(Br)cn1. The van der Waals surface area contributed by atoms with Crippen molar-refractivity contribution in [1.82, 2.24) is 15.0 Å². The van der Waals surface area contributed by atoms with Crippen LogP contribution in [-0.4, -0.2) is 26.4 Å². The molecular weight excluding hydrogens is 400 g/mol. The summed E-state index contributed by atoms with van der Waals surface area (Å²) < 4.78 is 0.819. The van der Waals surface area contributed by atoms with Crippen molar-refractivity contribution in [2.75, 3.05) is 17.2 Å². The van der Waals surface area contributed by atoms with E-state index in [-0.39, 0.29) is 17.3 Å². The first-order valence-corrected chi connectivity index (χ1v) is 9.22. The Kier molecular flexibility index (Phi) is 6.11. The second-order valence-corrected chi connectivity index (χ2v) is 6.86. The molecule has 0 bridgehead atoms. The highest BCUT2D eigenvalue weighted by Gasteiger charge is 2.23. The molecule has 0 radical (unpaired) electrons. The topological polar surface area (TPSA) is 106 Å². The molecule has 3 rings (SSSR count). The Labute approximate surface area is 159 Å². The van der Waals surface area contributed by atoms with E-state index in [9.17, 15) is 10.1 Å². The molecule has 26 heavy (non-hydrogen) atoms. The van der Waals surface area contributed by atoms with Gasteiger partial charge in [-0.05, 0) is 60.2 Å². The first-order valence-electron chi connectivity index (χ1n) is 8.43. The molecule has 8 nitrogen and oxygen atoms in total. The summed E-state index contributed by atoms with van der Waals surface area (Å²) in [7, 11) is 0. The van der Waals surface area contributed by atoms with E-state index in [0.717, 1.165) is 23.7 Å². The second-order valence-electron chi connectivity index (χ2n) is 5.95. The number of nitrogens with zero attached hydrogens (tertiary/aromatic N) is 4. The van der Waals surface area contributed by atoms with Gasteiger partial charge in [0.15, 0.2) is 0 Å². The van der Waals surface area contributed by atoms with Crippen LogP contribution in [0.2, 0.25) is 0 Å². The van der Waals surface area contributed by atoms with Crippen molar-refractivity contribution in [1.29, 1.82) is 0 Å². The molecule has 0 spiro atoms. The van der Waals surface area contributed by atoms with Gasteiger partial charge in [0.2, 0.25) is 11.6 Å². The van der Waals surface area contributed by atoms with Crippen molar-refractivity contribution in [3.8, 4) is 0 Å². The molecule has 0 fully saturated rings. The number of hydrogen-bond donors (Lipinski definition) is 2. The Morgan fingerprint density at radius 1 is 1.19 bits per heavy atom. The van der Waals surface area contributed by atoms with Crippen LogP contribution in [0, 0.1) is 10.1 Å². The molecule has 0 aromatic carbocycles. The second kappa shape index (κ2) is 8.70. The number of anilines is 3. The van der Waals surface area contributed by atoms with Gasteiger partial charge >= 0.3 is 5.69 Å². The fourth-order valence-electron chi connectivity index (χ4n) is 2.82. The first-order chi connectivity index (χ1) is 12.6. The lowest BCUT2D eigenvalue weighted by Gasteiger charge is -2.13. The molecule has 0 atom stereocenters. The third kappa shape index (κ3) is 4.75. The first kappa shape index (κ1) is 18.2. The summed E-state index contributed by atoms with van der Waals surface area (Å²) in [6, 6.07) is 3.50. The molecule has 2 heterocycles. The minimum Gasteiger partial charge on any atom is -0.364 e. The zero-order valence-corrected chi connectivity index (χ0v) is 15.7. The molecule has 0 amide bonds. The average molecular weight is 419 g/mol. The predicted octanol–water partition coefficient (Wildman–Crippen LogP) is 4.59. The number of halogens is 1. The molecule has 0 saturated carbocycles. The van der Waals surface area contributed by atoms with E-state index in [1.54, 1.807) is 18.3 Å². The summed E-state index contributed by atoms with van der Waals surface area (Å²) in [6.45, 7) is 0.597. The fraction of sp³-hybridized carbons (Fsp3) is 0.353. The van der Waals surface area contributed by atoms with E-state index in [0.29, 0.717) is 12.4 Å². The Morgan fingerprint density at radius 2 is 2.04 bits per heavy atom. The molecule has 136 valence electrons. The molecule has 2 N–H and O–H groups in total. The molecule has 0 aliphatic heterocycles. The van der Waals surface area contributed by atoms with Gasteiger partial charge in [-0.3, -0.25) is 10.1 Å². The van der Waals surface area contributed by atoms with Crippen LogP contribution in [0.15, 0.2) is 40.8 Å². The quantitative estimate of drug-likeness (QED) is 0.384. The summed E-state index contributed by atoms with van der Waals surface area (Å²) >= 11 is 3.30. The van der Waals surface area contributed by atoms with Crippen LogP contribution >= 0.6 is 15.9 Å². The summed E-state index contributed by atoms with van der Waals surface area (Å²) in [5, 5.41) is 17.5. The number of pyridine rings is 1. The van der Waals surface area contributed by atoms with E-state index >= 15 is 0 Å². The average Bonchev–Trinajstić information content (AvgIpc) is 2.64. The van der Waals surface area contributed by atoms with Crippen LogP contribution in [-0.2, 0) is 0 Å². The normalized spacial score (nSPS) is 13.8. The number of nitro groups is 1. The minimum absolute atomic E-state index is 0.110. The third-order valence-electron chi connectivity index (χ3n) is 4.10. The maximum Gasteiger partial charge on any atom is 0.353 e. The zero-order chi connectivity index (χ0) is 18.4. The van der Waals surface area contributed by atoms with Crippen molar-refractivity contribution in [3.63, 3.8) is 0 Å². The standard InChI is InChI=1S/C17H19BrN6O2/c18-13-6-7-14(20-10-13)23-17-15(24(25)26)16(21-11-22-17)19-9-8-12-4-2-1-3-5-12/h4,6-7,10-11H,1-3,5,8-9H2,(H2,19,20,21,22,23). The third-order valence-corrected chi connectivity index (χ3v) is 4.57. The molecular formula is C17H19BrN6O2. The summed E-state index contributed by atoms with van der Waals surface area (Å²) in [5.41, 5.74) is 1.22. The maximum atomic E-state index is 11.6. The maximum absolute atomic E-state index is 11.6. The van der Waals surface area contributed by atoms with Gasteiger partial charge in [0.05, 0.1) is 4.92 Å². The zero-order valence-electron chi connectivity index (χ0n) is 14.1. The van der Waals surface area contributed by atoms with Crippen molar-refractivity contribution < 1.29 is 4.92 Å². The van der Waals surface area contributed by atoms with Gasteiger partial charge in [0.25, 0.3) is 0 Å². The lowest BCUT2D eigenvalue weighted by Crippen LogP contribution is -2.10. The number of rotatable bonds is 7. The summed E-state index contributed by atoms with van der Waals surface area (Å²) in [5.74, 6) is 0.786. The number of aromatic nitrogens is 3. The van der Waals surface area contributed by atoms with Gasteiger partial charge in [-0.25, -0.2) is 15.0 Å². The molecule has 0 unspecified atom stereocenters. The fourth-order valence-corrected chi connectivity index (χ4v) is 3.05. The van der Waals surface area contributed by atoms with Crippen molar-refractivity contribution in [2.45, 2.75) is 32.1 Å². The van der Waals surface area contributed by atoms with Crippen LogP contribution in [0.25, 0.3) is 0 Å². The Balaban J connectivity index is 1.73. The molecule has 2 aromatic heterocycles. The van der Waals surface area contributed by atoms with Crippen molar-refractivity contribution in [3.05, 3.63) is 50.9 Å². The summed E-state index contributed by atoms with van der Waals surface area (Å²) in [6.07, 6.45) is 10.7. The van der Waals surface area contributed by atoms with Gasteiger partial charge in [-0.15, -0.1) is 0 Å². The smallest absolute Gasteiger partial charge is 0.353 e. The van der Waals surface area contributed by atoms with Crippen molar-refractivity contribution >= 4 is 39.1 Å². The van der Waals surface area contributed by atoms with Crippen LogP contribution in [0.3, 0.4) is 0 Å². The Hall–Kier alpha value is -2.55. The lowest BCUT2D eigenvalue weighted by molar-refractivity contribution is -0.383. The molecule has 9 heteroatoms. The van der Waals surface area contributed by atoms with Gasteiger partial charge < -0.3 is 10.6 Å².